The molecule has 1 aliphatic rings. The van der Waals surface area contributed by atoms with Crippen molar-refractivity contribution < 1.29 is 19.0 Å². The summed E-state index contributed by atoms with van der Waals surface area (Å²) in [5.74, 6) is 0.463. The standard InChI is InChI=1S/C30H30INO4/c1-6-34-29(33)28(36-30(3,4)5)24-17(2)15-19-7-8-20(31)16-22(19)26(24)21-9-10-23-25-18(12-14-35-23)11-13-32-27(21)25/h7-11,13,15-16,28H,6,12,14H2,1-5H3/t28-/m0/s1. The third-order valence-electron chi connectivity index (χ3n) is 6.42. The predicted molar refractivity (Wildman–Crippen MR) is 152 cm³/mol. The van der Waals surface area contributed by atoms with E-state index in [1.807, 2.05) is 46.9 Å². The Morgan fingerprint density at radius 1 is 1.17 bits per heavy atom. The van der Waals surface area contributed by atoms with Gasteiger partial charge in [0.05, 0.1) is 24.3 Å². The van der Waals surface area contributed by atoms with E-state index in [4.69, 9.17) is 19.2 Å². The molecule has 0 aliphatic carbocycles. The van der Waals surface area contributed by atoms with Crippen LogP contribution in [-0.2, 0) is 20.7 Å². The van der Waals surface area contributed by atoms with Gasteiger partial charge in [0.1, 0.15) is 5.75 Å². The van der Waals surface area contributed by atoms with Gasteiger partial charge in [0, 0.05) is 32.7 Å². The second kappa shape index (κ2) is 9.63. The minimum atomic E-state index is -0.885. The molecule has 0 radical (unpaired) electrons. The molecule has 0 N–H and O–H groups in total. The quantitative estimate of drug-likeness (QED) is 0.179. The van der Waals surface area contributed by atoms with Crippen LogP contribution in [0.2, 0.25) is 0 Å². The summed E-state index contributed by atoms with van der Waals surface area (Å²) < 4.78 is 19.1. The Kier molecular flexibility index (Phi) is 6.68. The summed E-state index contributed by atoms with van der Waals surface area (Å²) in [5.41, 5.74) is 5.23. The maximum atomic E-state index is 13.4. The molecule has 0 saturated heterocycles. The van der Waals surface area contributed by atoms with Gasteiger partial charge >= 0.3 is 5.97 Å². The molecule has 0 bridgehead atoms. The first-order valence-corrected chi connectivity index (χ1v) is 13.4. The zero-order valence-corrected chi connectivity index (χ0v) is 23.4. The van der Waals surface area contributed by atoms with Crippen LogP contribution < -0.4 is 4.74 Å². The van der Waals surface area contributed by atoms with Crippen LogP contribution in [0.1, 0.15) is 50.5 Å². The Hall–Kier alpha value is -2.71. The number of benzene rings is 3. The van der Waals surface area contributed by atoms with E-state index in [1.165, 1.54) is 5.56 Å². The highest BCUT2D eigenvalue weighted by Gasteiger charge is 2.33. The summed E-state index contributed by atoms with van der Waals surface area (Å²) in [5, 5.41) is 3.19. The van der Waals surface area contributed by atoms with Crippen LogP contribution in [0.4, 0.5) is 0 Å². The minimum absolute atomic E-state index is 0.280. The number of esters is 1. The fraction of sp³-hybridized carbons (Fsp3) is 0.333. The van der Waals surface area contributed by atoms with Gasteiger partial charge in [-0.1, -0.05) is 12.1 Å². The summed E-state index contributed by atoms with van der Waals surface area (Å²) in [7, 11) is 0. The molecule has 4 aromatic rings. The van der Waals surface area contributed by atoms with Gasteiger partial charge in [-0.25, -0.2) is 4.79 Å². The van der Waals surface area contributed by atoms with E-state index in [0.717, 1.165) is 59.7 Å². The lowest BCUT2D eigenvalue weighted by Gasteiger charge is -2.30. The topological polar surface area (TPSA) is 57.7 Å². The fourth-order valence-electron chi connectivity index (χ4n) is 5.05. The normalized spacial score (nSPS) is 14.1. The molecule has 0 fully saturated rings. The molecule has 186 valence electrons. The van der Waals surface area contributed by atoms with E-state index in [-0.39, 0.29) is 12.6 Å². The highest BCUT2D eigenvalue weighted by molar-refractivity contribution is 14.1. The molecule has 5 nitrogen and oxygen atoms in total. The van der Waals surface area contributed by atoms with Gasteiger partial charge in [0.25, 0.3) is 0 Å². The van der Waals surface area contributed by atoms with Gasteiger partial charge in [-0.3, -0.25) is 4.98 Å². The Labute approximate surface area is 225 Å². The number of rotatable bonds is 5. The number of ether oxygens (including phenoxy) is 3. The number of carbonyl (C=O) groups is 1. The maximum absolute atomic E-state index is 13.4. The van der Waals surface area contributed by atoms with Crippen molar-refractivity contribution in [3.05, 3.63) is 68.9 Å². The fourth-order valence-corrected chi connectivity index (χ4v) is 5.54. The molecule has 36 heavy (non-hydrogen) atoms. The molecule has 1 aliphatic heterocycles. The van der Waals surface area contributed by atoms with Crippen LogP contribution in [0.3, 0.4) is 0 Å². The van der Waals surface area contributed by atoms with E-state index in [1.54, 1.807) is 0 Å². The van der Waals surface area contributed by atoms with Gasteiger partial charge < -0.3 is 14.2 Å². The minimum Gasteiger partial charge on any atom is -0.493 e. The van der Waals surface area contributed by atoms with E-state index in [9.17, 15) is 4.79 Å². The maximum Gasteiger partial charge on any atom is 0.339 e. The largest absolute Gasteiger partial charge is 0.493 e. The number of aryl methyl sites for hydroxylation is 1. The second-order valence-electron chi connectivity index (χ2n) is 10.1. The number of halogens is 1. The van der Waals surface area contributed by atoms with E-state index >= 15 is 0 Å². The number of nitrogens with zero attached hydrogens (tertiary/aromatic N) is 1. The number of hydrogen-bond donors (Lipinski definition) is 0. The second-order valence-corrected chi connectivity index (χ2v) is 11.4. The van der Waals surface area contributed by atoms with Gasteiger partial charge in [-0.2, -0.15) is 0 Å². The van der Waals surface area contributed by atoms with Crippen LogP contribution in [0.15, 0.2) is 48.7 Å². The van der Waals surface area contributed by atoms with E-state index in [2.05, 4.69) is 59.0 Å². The van der Waals surface area contributed by atoms with Crippen molar-refractivity contribution in [1.82, 2.24) is 4.98 Å². The summed E-state index contributed by atoms with van der Waals surface area (Å²) in [6, 6.07) is 14.7. The van der Waals surface area contributed by atoms with Crippen LogP contribution in [0, 0.1) is 10.5 Å². The van der Waals surface area contributed by atoms with Gasteiger partial charge in [0.2, 0.25) is 0 Å². The SMILES string of the molecule is CCOC(=O)[C@@H](OC(C)(C)C)c1c(C)cc2ccc(I)cc2c1-c1ccc2c3c(ccnc13)CCO2. The molecule has 0 amide bonds. The molecule has 0 saturated carbocycles. The average Bonchev–Trinajstić information content (AvgIpc) is 2.83. The Morgan fingerprint density at radius 2 is 1.97 bits per heavy atom. The predicted octanol–water partition coefficient (Wildman–Crippen LogP) is 7.32. The highest BCUT2D eigenvalue weighted by Crippen LogP contribution is 2.45. The summed E-state index contributed by atoms with van der Waals surface area (Å²) in [6.07, 6.45) is 1.82. The summed E-state index contributed by atoms with van der Waals surface area (Å²) in [6.45, 7) is 10.7. The van der Waals surface area contributed by atoms with Crippen molar-refractivity contribution in [2.45, 2.75) is 52.7 Å². The van der Waals surface area contributed by atoms with Crippen molar-refractivity contribution in [1.29, 1.82) is 0 Å². The number of hydrogen-bond acceptors (Lipinski definition) is 5. The number of fused-ring (bicyclic) bond motifs is 1. The molecule has 1 atom stereocenters. The number of pyridine rings is 1. The van der Waals surface area contributed by atoms with E-state index < -0.39 is 11.7 Å². The van der Waals surface area contributed by atoms with E-state index in [0.29, 0.717) is 6.61 Å². The number of aromatic nitrogens is 1. The highest BCUT2D eigenvalue weighted by atomic mass is 127. The van der Waals surface area contributed by atoms with Crippen molar-refractivity contribution in [3.8, 4) is 16.9 Å². The summed E-state index contributed by atoms with van der Waals surface area (Å²) in [4.78, 5) is 18.2. The smallest absolute Gasteiger partial charge is 0.339 e. The molecule has 1 aromatic heterocycles. The zero-order chi connectivity index (χ0) is 25.6. The first kappa shape index (κ1) is 25.0. The average molecular weight is 595 g/mol. The molecule has 0 unspecified atom stereocenters. The third-order valence-corrected chi connectivity index (χ3v) is 7.09. The molecule has 2 heterocycles. The van der Waals surface area contributed by atoms with Crippen LogP contribution in [0.25, 0.3) is 32.8 Å². The van der Waals surface area contributed by atoms with Crippen molar-refractivity contribution in [2.24, 2.45) is 0 Å². The van der Waals surface area contributed by atoms with Crippen LogP contribution in [-0.4, -0.2) is 29.8 Å². The van der Waals surface area contributed by atoms with Gasteiger partial charge in [-0.05, 0) is 115 Å². The van der Waals surface area contributed by atoms with Crippen LogP contribution >= 0.6 is 22.6 Å². The lowest BCUT2D eigenvalue weighted by atomic mass is 9.85. The number of carbonyl (C=O) groups excluding carboxylic acids is 1. The van der Waals surface area contributed by atoms with Gasteiger partial charge in [0.15, 0.2) is 6.10 Å². The van der Waals surface area contributed by atoms with Crippen LogP contribution in [0.5, 0.6) is 5.75 Å². The van der Waals surface area contributed by atoms with Crippen molar-refractivity contribution in [2.75, 3.05) is 13.2 Å². The molecule has 5 rings (SSSR count). The molecular weight excluding hydrogens is 565 g/mol. The Bertz CT molecular complexity index is 1480. The third kappa shape index (κ3) is 4.57. The monoisotopic (exact) mass is 595 g/mol. The Morgan fingerprint density at radius 3 is 2.72 bits per heavy atom. The summed E-state index contributed by atoms with van der Waals surface area (Å²) >= 11 is 2.34. The molecular formula is C30H30INO4. The molecule has 6 heteroatoms. The van der Waals surface area contributed by atoms with Gasteiger partial charge in [-0.15, -0.1) is 0 Å². The van der Waals surface area contributed by atoms with Crippen molar-refractivity contribution >= 4 is 50.2 Å². The molecule has 3 aromatic carbocycles. The first-order chi connectivity index (χ1) is 17.2. The van der Waals surface area contributed by atoms with Crippen molar-refractivity contribution in [3.63, 3.8) is 0 Å². The zero-order valence-electron chi connectivity index (χ0n) is 21.3. The lowest BCUT2D eigenvalue weighted by molar-refractivity contribution is -0.166. The molecule has 0 spiro atoms. The first-order valence-electron chi connectivity index (χ1n) is 12.3. The lowest BCUT2D eigenvalue weighted by Crippen LogP contribution is -2.29. The Balaban J connectivity index is 1.90.